The van der Waals surface area contributed by atoms with E-state index in [4.69, 9.17) is 0 Å². The Bertz CT molecular complexity index is 659. The molecule has 4 fully saturated rings. The molecule has 0 bridgehead atoms. The minimum atomic E-state index is 0.0961. The van der Waals surface area contributed by atoms with E-state index >= 15 is 0 Å². The highest BCUT2D eigenvalue weighted by atomic mass is 16.1. The molecule has 1 heteroatoms. The number of allylic oxidation sites excluding steroid dienone is 3. The van der Waals surface area contributed by atoms with Crippen LogP contribution in [0.1, 0.15) is 91.9 Å². The zero-order valence-electron chi connectivity index (χ0n) is 18.8. The van der Waals surface area contributed by atoms with Crippen LogP contribution in [0, 0.1) is 46.3 Å². The summed E-state index contributed by atoms with van der Waals surface area (Å²) in [4.78, 5) is 12.0. The van der Waals surface area contributed by atoms with E-state index in [-0.39, 0.29) is 5.78 Å². The van der Waals surface area contributed by atoms with Gasteiger partial charge in [-0.25, -0.2) is 0 Å². The molecule has 0 aromatic heterocycles. The predicted octanol–water partition coefficient (Wildman–Crippen LogP) is 7.37. The second kappa shape index (κ2) is 7.44. The van der Waals surface area contributed by atoms with Crippen molar-refractivity contribution in [3.63, 3.8) is 0 Å². The summed E-state index contributed by atoms with van der Waals surface area (Å²) in [5.41, 5.74) is 1.77. The first-order valence-electron chi connectivity index (χ1n) is 12.2. The molecular weight excluding hydrogens is 340 g/mol. The summed E-state index contributed by atoms with van der Waals surface area (Å²) in [5, 5.41) is 0. The molecule has 0 amide bonds. The Morgan fingerprint density at radius 1 is 0.964 bits per heavy atom. The van der Waals surface area contributed by atoms with E-state index in [0.717, 1.165) is 29.6 Å². The molecule has 0 aromatic carbocycles. The lowest BCUT2D eigenvalue weighted by Crippen LogP contribution is -2.53. The number of hydrogen-bond donors (Lipinski definition) is 0. The van der Waals surface area contributed by atoms with Crippen LogP contribution in [0.4, 0.5) is 0 Å². The van der Waals surface area contributed by atoms with E-state index in [1.165, 1.54) is 64.2 Å². The maximum absolute atomic E-state index is 12.0. The van der Waals surface area contributed by atoms with E-state index in [1.54, 1.807) is 6.08 Å². The van der Waals surface area contributed by atoms with Gasteiger partial charge in [-0.1, -0.05) is 46.3 Å². The molecule has 0 aliphatic heterocycles. The van der Waals surface area contributed by atoms with Crippen molar-refractivity contribution in [2.45, 2.75) is 91.9 Å². The van der Waals surface area contributed by atoms with Crippen LogP contribution in [-0.2, 0) is 4.79 Å². The van der Waals surface area contributed by atoms with Crippen molar-refractivity contribution in [2.24, 2.45) is 46.3 Å². The summed E-state index contributed by atoms with van der Waals surface area (Å²) in [6.07, 6.45) is 18.6. The lowest BCUT2D eigenvalue weighted by atomic mass is 9.44. The van der Waals surface area contributed by atoms with Gasteiger partial charge < -0.3 is 0 Å². The summed E-state index contributed by atoms with van der Waals surface area (Å²) in [5.74, 6) is 5.22. The number of fused-ring (bicyclic) bond motifs is 5. The Morgan fingerprint density at radius 2 is 1.71 bits per heavy atom. The first kappa shape index (κ1) is 20.4. The quantitative estimate of drug-likeness (QED) is 0.464. The van der Waals surface area contributed by atoms with Gasteiger partial charge in [0.1, 0.15) is 0 Å². The topological polar surface area (TPSA) is 17.1 Å². The molecule has 4 aliphatic rings. The molecule has 0 saturated heterocycles. The SMILES string of the molecule is C=C(C)C(=O)C=C[C@@H](C)[C@H]1CC[C@H]2[C@@H]3CCC4CCCC[C@]4(C)[C@H]3CC[C@]12C. The molecule has 4 aliphatic carbocycles. The molecule has 1 unspecified atom stereocenters. The van der Waals surface area contributed by atoms with Crippen LogP contribution >= 0.6 is 0 Å². The van der Waals surface area contributed by atoms with Crippen LogP contribution in [0.5, 0.6) is 0 Å². The molecule has 156 valence electrons. The van der Waals surface area contributed by atoms with E-state index < -0.39 is 0 Å². The second-order valence-corrected chi connectivity index (χ2v) is 11.5. The van der Waals surface area contributed by atoms with Gasteiger partial charge in [0.05, 0.1) is 0 Å². The molecule has 8 atom stereocenters. The van der Waals surface area contributed by atoms with Crippen molar-refractivity contribution in [1.29, 1.82) is 0 Å². The number of ketones is 1. The lowest BCUT2D eigenvalue weighted by molar-refractivity contribution is -0.113. The van der Waals surface area contributed by atoms with Crippen LogP contribution in [0.2, 0.25) is 0 Å². The second-order valence-electron chi connectivity index (χ2n) is 11.5. The Hall–Kier alpha value is -0.850. The minimum Gasteiger partial charge on any atom is -0.290 e. The maximum atomic E-state index is 12.0. The molecule has 4 saturated carbocycles. The average Bonchev–Trinajstić information content (AvgIpc) is 3.02. The summed E-state index contributed by atoms with van der Waals surface area (Å²) >= 11 is 0. The predicted molar refractivity (Wildman–Crippen MR) is 118 cm³/mol. The van der Waals surface area contributed by atoms with Crippen molar-refractivity contribution in [3.8, 4) is 0 Å². The Labute approximate surface area is 173 Å². The molecule has 0 aromatic rings. The van der Waals surface area contributed by atoms with E-state index in [1.807, 2.05) is 6.92 Å². The third kappa shape index (κ3) is 3.16. The average molecular weight is 383 g/mol. The number of rotatable bonds is 4. The van der Waals surface area contributed by atoms with Gasteiger partial charge in [-0.3, -0.25) is 4.79 Å². The molecule has 0 radical (unpaired) electrons. The fourth-order valence-electron chi connectivity index (χ4n) is 8.71. The molecular formula is C27H42O. The van der Waals surface area contributed by atoms with Crippen LogP contribution < -0.4 is 0 Å². The first-order valence-corrected chi connectivity index (χ1v) is 12.2. The van der Waals surface area contributed by atoms with Crippen molar-refractivity contribution in [1.82, 2.24) is 0 Å². The summed E-state index contributed by atoms with van der Waals surface area (Å²) in [6.45, 7) is 13.3. The number of carbonyl (C=O) groups is 1. The fraction of sp³-hybridized carbons (Fsp3) is 0.815. The van der Waals surface area contributed by atoms with Crippen LogP contribution in [0.3, 0.4) is 0 Å². The van der Waals surface area contributed by atoms with Gasteiger partial charge in [0.25, 0.3) is 0 Å². The lowest BCUT2D eigenvalue weighted by Gasteiger charge is -2.60. The van der Waals surface area contributed by atoms with Gasteiger partial charge in [-0.05, 0) is 116 Å². The summed E-state index contributed by atoms with van der Waals surface area (Å²) in [7, 11) is 0. The highest BCUT2D eigenvalue weighted by Crippen LogP contribution is 2.68. The summed E-state index contributed by atoms with van der Waals surface area (Å²) in [6, 6.07) is 0. The normalized spacial score (nSPS) is 46.5. The fourth-order valence-corrected chi connectivity index (χ4v) is 8.71. The largest absolute Gasteiger partial charge is 0.290 e. The van der Waals surface area contributed by atoms with Gasteiger partial charge in [-0.15, -0.1) is 0 Å². The Kier molecular flexibility index (Phi) is 5.43. The third-order valence-corrected chi connectivity index (χ3v) is 10.3. The monoisotopic (exact) mass is 382 g/mol. The first-order chi connectivity index (χ1) is 13.3. The van der Waals surface area contributed by atoms with Crippen LogP contribution in [0.15, 0.2) is 24.3 Å². The standard InChI is InChI=1S/C27H42O/c1-18(2)25(28)14-9-19(3)22-12-13-23-21-11-10-20-8-6-7-16-26(20,4)24(21)15-17-27(22,23)5/h9,14,19-24H,1,6-8,10-13,15-17H2,2-5H3/t19-,20?,21+,22-,23+,24+,26+,27-/m1/s1. The highest BCUT2D eigenvalue weighted by molar-refractivity contribution is 6.02. The zero-order chi connectivity index (χ0) is 20.1. The molecule has 0 heterocycles. The zero-order valence-corrected chi connectivity index (χ0v) is 18.8. The minimum absolute atomic E-state index is 0.0961. The van der Waals surface area contributed by atoms with Gasteiger partial charge in [0.2, 0.25) is 0 Å². The van der Waals surface area contributed by atoms with Crippen LogP contribution in [0.25, 0.3) is 0 Å². The molecule has 0 spiro atoms. The van der Waals surface area contributed by atoms with Gasteiger partial charge in [-0.2, -0.15) is 0 Å². The number of carbonyl (C=O) groups excluding carboxylic acids is 1. The molecule has 28 heavy (non-hydrogen) atoms. The van der Waals surface area contributed by atoms with Gasteiger partial charge in [0.15, 0.2) is 5.78 Å². The van der Waals surface area contributed by atoms with Gasteiger partial charge >= 0.3 is 0 Å². The Morgan fingerprint density at radius 3 is 2.46 bits per heavy atom. The van der Waals surface area contributed by atoms with Crippen molar-refractivity contribution in [3.05, 3.63) is 24.3 Å². The van der Waals surface area contributed by atoms with Gasteiger partial charge in [0, 0.05) is 0 Å². The van der Waals surface area contributed by atoms with Crippen LogP contribution in [-0.4, -0.2) is 5.78 Å². The summed E-state index contributed by atoms with van der Waals surface area (Å²) < 4.78 is 0. The third-order valence-electron chi connectivity index (χ3n) is 10.3. The van der Waals surface area contributed by atoms with E-state index in [9.17, 15) is 4.79 Å². The molecule has 0 N–H and O–H groups in total. The van der Waals surface area contributed by atoms with E-state index in [2.05, 4.69) is 33.4 Å². The smallest absolute Gasteiger partial charge is 0.180 e. The maximum Gasteiger partial charge on any atom is 0.180 e. The van der Waals surface area contributed by atoms with Crippen molar-refractivity contribution < 1.29 is 4.79 Å². The number of hydrogen-bond acceptors (Lipinski definition) is 1. The highest BCUT2D eigenvalue weighted by Gasteiger charge is 2.59. The van der Waals surface area contributed by atoms with Crippen molar-refractivity contribution >= 4 is 5.78 Å². The Balaban J connectivity index is 1.52. The van der Waals surface area contributed by atoms with Crippen molar-refractivity contribution in [2.75, 3.05) is 0 Å². The van der Waals surface area contributed by atoms with E-state index in [0.29, 0.717) is 22.3 Å². The molecule has 4 rings (SSSR count). The molecule has 1 nitrogen and oxygen atoms in total.